The number of amides is 1. The van der Waals surface area contributed by atoms with E-state index in [1.54, 1.807) is 31.4 Å². The van der Waals surface area contributed by atoms with Crippen molar-refractivity contribution < 1.29 is 19.1 Å². The monoisotopic (exact) mass is 411 g/mol. The largest absolute Gasteiger partial charge is 0.452 e. The quantitative estimate of drug-likeness (QED) is 0.674. The highest BCUT2D eigenvalue weighted by molar-refractivity contribution is 5.95. The van der Waals surface area contributed by atoms with Crippen molar-refractivity contribution in [3.8, 4) is 0 Å². The fourth-order valence-electron chi connectivity index (χ4n) is 3.39. The summed E-state index contributed by atoms with van der Waals surface area (Å²) in [5.41, 5.74) is 3.18. The summed E-state index contributed by atoms with van der Waals surface area (Å²) in [5.74, 6) is -0.903. The normalized spacial score (nSPS) is 14.4. The van der Waals surface area contributed by atoms with Crippen LogP contribution in [0.2, 0.25) is 0 Å². The van der Waals surface area contributed by atoms with Gasteiger partial charge in [0.25, 0.3) is 5.91 Å². The lowest BCUT2D eigenvalue weighted by Gasteiger charge is -2.35. The Balaban J connectivity index is 1.45. The van der Waals surface area contributed by atoms with Crippen molar-refractivity contribution in [3.63, 3.8) is 0 Å². The van der Waals surface area contributed by atoms with E-state index in [1.165, 1.54) is 0 Å². The third-order valence-electron chi connectivity index (χ3n) is 5.17. The highest BCUT2D eigenvalue weighted by Crippen LogP contribution is 2.19. The molecule has 0 aromatic heterocycles. The Morgan fingerprint density at radius 2 is 1.63 bits per heavy atom. The Bertz CT molecular complexity index is 829. The van der Waals surface area contributed by atoms with Crippen molar-refractivity contribution in [2.75, 3.05) is 56.7 Å². The fraction of sp³-hybridized carbons (Fsp3) is 0.391. The van der Waals surface area contributed by atoms with Crippen LogP contribution in [0.1, 0.15) is 22.8 Å². The molecule has 7 heteroatoms. The molecular formula is C23H29N3O4. The van der Waals surface area contributed by atoms with Gasteiger partial charge < -0.3 is 24.6 Å². The van der Waals surface area contributed by atoms with Crippen LogP contribution in [0.5, 0.6) is 0 Å². The molecule has 30 heavy (non-hydrogen) atoms. The highest BCUT2D eigenvalue weighted by atomic mass is 16.5. The number of piperazine rings is 1. The van der Waals surface area contributed by atoms with Crippen molar-refractivity contribution in [1.29, 1.82) is 0 Å². The molecule has 160 valence electrons. The van der Waals surface area contributed by atoms with Gasteiger partial charge in [0.15, 0.2) is 6.61 Å². The van der Waals surface area contributed by atoms with Crippen LogP contribution in [0.15, 0.2) is 48.5 Å². The Morgan fingerprint density at radius 3 is 2.23 bits per heavy atom. The lowest BCUT2D eigenvalue weighted by atomic mass is 10.1. The maximum Gasteiger partial charge on any atom is 0.338 e. The summed E-state index contributed by atoms with van der Waals surface area (Å²) in [4.78, 5) is 29.0. The summed E-state index contributed by atoms with van der Waals surface area (Å²) in [5, 5.41) is 2.76. The van der Waals surface area contributed by atoms with Crippen molar-refractivity contribution in [1.82, 2.24) is 4.90 Å². The Labute approximate surface area is 177 Å². The average Bonchev–Trinajstić information content (AvgIpc) is 2.79. The Morgan fingerprint density at radius 1 is 0.967 bits per heavy atom. The van der Waals surface area contributed by atoms with Gasteiger partial charge in [0.05, 0.1) is 12.2 Å². The predicted molar refractivity (Wildman–Crippen MR) is 117 cm³/mol. The van der Waals surface area contributed by atoms with E-state index >= 15 is 0 Å². The van der Waals surface area contributed by atoms with Crippen LogP contribution in [-0.2, 0) is 20.9 Å². The number of ether oxygens (including phenoxy) is 2. The van der Waals surface area contributed by atoms with Crippen LogP contribution in [-0.4, -0.2) is 63.2 Å². The molecule has 7 nitrogen and oxygen atoms in total. The maximum absolute atomic E-state index is 12.1. The first-order valence-corrected chi connectivity index (χ1v) is 10.2. The van der Waals surface area contributed by atoms with Crippen LogP contribution in [0.25, 0.3) is 0 Å². The molecule has 0 unspecified atom stereocenters. The first-order valence-electron chi connectivity index (χ1n) is 10.2. The van der Waals surface area contributed by atoms with Crippen molar-refractivity contribution in [3.05, 3.63) is 59.7 Å². The second-order valence-electron chi connectivity index (χ2n) is 7.22. The van der Waals surface area contributed by atoms with Gasteiger partial charge in [0.1, 0.15) is 0 Å². The molecule has 2 aromatic rings. The molecule has 1 aliphatic heterocycles. The van der Waals surface area contributed by atoms with Crippen molar-refractivity contribution in [2.24, 2.45) is 0 Å². The number of esters is 1. The number of nitrogens with one attached hydrogen (secondary N) is 1. The summed E-state index contributed by atoms with van der Waals surface area (Å²) in [6.07, 6.45) is 0. The molecule has 2 aromatic carbocycles. The van der Waals surface area contributed by atoms with E-state index in [4.69, 9.17) is 9.47 Å². The molecule has 1 aliphatic rings. The molecule has 1 heterocycles. The van der Waals surface area contributed by atoms with E-state index in [-0.39, 0.29) is 12.5 Å². The first-order chi connectivity index (χ1) is 14.6. The first kappa shape index (κ1) is 21.8. The molecule has 0 atom stereocenters. The van der Waals surface area contributed by atoms with Crippen LogP contribution >= 0.6 is 0 Å². The van der Waals surface area contributed by atoms with E-state index in [0.717, 1.165) is 44.0 Å². The third-order valence-corrected chi connectivity index (χ3v) is 5.17. The van der Waals surface area contributed by atoms with Gasteiger partial charge in [-0.2, -0.15) is 0 Å². The van der Waals surface area contributed by atoms with Gasteiger partial charge in [-0.25, -0.2) is 4.79 Å². The smallest absolute Gasteiger partial charge is 0.338 e. The van der Waals surface area contributed by atoms with Crippen LogP contribution in [0, 0.1) is 0 Å². The van der Waals surface area contributed by atoms with Crippen molar-refractivity contribution >= 4 is 23.3 Å². The molecule has 1 fully saturated rings. The SMILES string of the molecule is CCN1CCN(c2ccc(NC(=O)COC(=O)c3ccc(COC)cc3)cc2)CC1. The predicted octanol–water partition coefficient (Wildman–Crippen LogP) is 2.77. The summed E-state index contributed by atoms with van der Waals surface area (Å²) < 4.78 is 10.1. The topological polar surface area (TPSA) is 71.1 Å². The molecule has 3 rings (SSSR count). The second kappa shape index (κ2) is 10.8. The van der Waals surface area contributed by atoms with Gasteiger partial charge in [-0.15, -0.1) is 0 Å². The van der Waals surface area contributed by atoms with Gasteiger partial charge in [0.2, 0.25) is 0 Å². The molecule has 1 N–H and O–H groups in total. The number of methoxy groups -OCH3 is 1. The number of hydrogen-bond acceptors (Lipinski definition) is 6. The number of rotatable bonds is 8. The number of hydrogen-bond donors (Lipinski definition) is 1. The zero-order valence-electron chi connectivity index (χ0n) is 17.6. The third kappa shape index (κ3) is 6.05. The minimum Gasteiger partial charge on any atom is -0.452 e. The summed E-state index contributed by atoms with van der Waals surface area (Å²) >= 11 is 0. The van der Waals surface area contributed by atoms with E-state index in [0.29, 0.717) is 17.9 Å². The zero-order chi connectivity index (χ0) is 21.3. The zero-order valence-corrected chi connectivity index (χ0v) is 17.6. The van der Waals surface area contributed by atoms with E-state index < -0.39 is 5.97 Å². The van der Waals surface area contributed by atoms with Gasteiger partial charge >= 0.3 is 5.97 Å². The number of carbonyl (C=O) groups is 2. The van der Waals surface area contributed by atoms with Crippen LogP contribution < -0.4 is 10.2 Å². The molecule has 1 amide bonds. The molecule has 1 saturated heterocycles. The highest BCUT2D eigenvalue weighted by Gasteiger charge is 2.16. The summed E-state index contributed by atoms with van der Waals surface area (Å²) in [6, 6.07) is 14.7. The molecule has 0 radical (unpaired) electrons. The number of likely N-dealkylation sites (N-methyl/N-ethyl adjacent to an activating group) is 1. The summed E-state index contributed by atoms with van der Waals surface area (Å²) in [6.45, 7) is 7.55. The minimum atomic E-state index is -0.532. The maximum atomic E-state index is 12.1. The standard InChI is InChI=1S/C23H29N3O4/c1-3-25-12-14-26(15-13-25)21-10-8-20(9-11-21)24-22(27)17-30-23(28)19-6-4-18(5-7-19)16-29-2/h4-11H,3,12-17H2,1-2H3,(H,24,27). The molecule has 0 spiro atoms. The minimum absolute atomic E-state index is 0.334. The fourth-order valence-corrected chi connectivity index (χ4v) is 3.39. The van der Waals surface area contributed by atoms with Crippen LogP contribution in [0.3, 0.4) is 0 Å². The number of anilines is 2. The average molecular weight is 412 g/mol. The molecule has 0 saturated carbocycles. The van der Waals surface area contributed by atoms with E-state index in [9.17, 15) is 9.59 Å². The lowest BCUT2D eigenvalue weighted by molar-refractivity contribution is -0.119. The van der Waals surface area contributed by atoms with E-state index in [2.05, 4.69) is 22.0 Å². The Kier molecular flexibility index (Phi) is 7.82. The van der Waals surface area contributed by atoms with Gasteiger partial charge in [-0.3, -0.25) is 4.79 Å². The molecule has 0 bridgehead atoms. The molecular weight excluding hydrogens is 382 g/mol. The van der Waals surface area contributed by atoms with E-state index in [1.807, 2.05) is 24.3 Å². The van der Waals surface area contributed by atoms with Gasteiger partial charge in [-0.1, -0.05) is 19.1 Å². The van der Waals surface area contributed by atoms with Gasteiger partial charge in [0, 0.05) is 44.7 Å². The van der Waals surface area contributed by atoms with Crippen LogP contribution in [0.4, 0.5) is 11.4 Å². The summed E-state index contributed by atoms with van der Waals surface area (Å²) in [7, 11) is 1.61. The Hall–Kier alpha value is -2.90. The number of carbonyl (C=O) groups excluding carboxylic acids is 2. The number of benzene rings is 2. The van der Waals surface area contributed by atoms with Crippen molar-refractivity contribution in [2.45, 2.75) is 13.5 Å². The molecule has 0 aliphatic carbocycles. The number of nitrogens with zero attached hydrogens (tertiary/aromatic N) is 2. The second-order valence-corrected chi connectivity index (χ2v) is 7.22. The lowest BCUT2D eigenvalue weighted by Crippen LogP contribution is -2.46. The van der Waals surface area contributed by atoms with Gasteiger partial charge in [-0.05, 0) is 48.5 Å².